The van der Waals surface area contributed by atoms with Crippen LogP contribution >= 0.6 is 11.6 Å². The minimum Gasteiger partial charge on any atom is -0.379 e. The average Bonchev–Trinajstić information content (AvgIpc) is 3.15. The first kappa shape index (κ1) is 22.4. The summed E-state index contributed by atoms with van der Waals surface area (Å²) in [5, 5.41) is 6.56. The zero-order chi connectivity index (χ0) is 22.9. The molecule has 0 bridgehead atoms. The summed E-state index contributed by atoms with van der Waals surface area (Å²) in [4.78, 5) is 13.0. The third kappa shape index (κ3) is 4.26. The Hall–Kier alpha value is -2.79. The highest BCUT2D eigenvalue weighted by molar-refractivity contribution is 7.89. The number of benzene rings is 2. The summed E-state index contributed by atoms with van der Waals surface area (Å²) < 4.78 is 51.5. The van der Waals surface area contributed by atoms with Gasteiger partial charge in [0, 0.05) is 18.8 Å². The van der Waals surface area contributed by atoms with E-state index in [2.05, 4.69) is 10.5 Å². The van der Waals surface area contributed by atoms with Crippen molar-refractivity contribution in [2.45, 2.75) is 11.8 Å². The van der Waals surface area contributed by atoms with E-state index < -0.39 is 21.7 Å². The molecule has 11 heteroatoms. The molecule has 1 aliphatic rings. The second kappa shape index (κ2) is 8.99. The van der Waals surface area contributed by atoms with E-state index in [1.807, 2.05) is 0 Å². The van der Waals surface area contributed by atoms with Gasteiger partial charge in [0.05, 0.1) is 28.7 Å². The van der Waals surface area contributed by atoms with Crippen LogP contribution < -0.4 is 5.32 Å². The first-order chi connectivity index (χ1) is 15.3. The molecular formula is C21H19ClFN3O5S. The van der Waals surface area contributed by atoms with Crippen LogP contribution in [-0.2, 0) is 14.8 Å². The Kier molecular flexibility index (Phi) is 6.29. The third-order valence-corrected chi connectivity index (χ3v) is 7.24. The number of amides is 1. The van der Waals surface area contributed by atoms with E-state index in [1.165, 1.54) is 53.7 Å². The number of nitrogens with zero attached hydrogens (tertiary/aromatic N) is 2. The van der Waals surface area contributed by atoms with Crippen molar-refractivity contribution in [1.29, 1.82) is 0 Å². The number of rotatable bonds is 5. The Balaban J connectivity index is 1.58. The fourth-order valence-corrected chi connectivity index (χ4v) is 5.03. The average molecular weight is 480 g/mol. The Morgan fingerprint density at radius 2 is 1.84 bits per heavy atom. The molecule has 168 valence electrons. The van der Waals surface area contributed by atoms with Gasteiger partial charge >= 0.3 is 0 Å². The molecule has 8 nitrogen and oxygen atoms in total. The van der Waals surface area contributed by atoms with Crippen LogP contribution in [0.2, 0.25) is 5.02 Å². The molecule has 32 heavy (non-hydrogen) atoms. The molecule has 1 amide bonds. The number of hydrogen-bond donors (Lipinski definition) is 1. The lowest BCUT2D eigenvalue weighted by Gasteiger charge is -2.26. The van der Waals surface area contributed by atoms with Gasteiger partial charge in [-0.05, 0) is 43.3 Å². The SMILES string of the molecule is Cc1onc(-c2c(F)cccc2Cl)c1C(=O)Nc1ccc(S(=O)(=O)N2CCOCC2)cc1. The van der Waals surface area contributed by atoms with Gasteiger partial charge in [0.1, 0.15) is 22.8 Å². The van der Waals surface area contributed by atoms with Crippen molar-refractivity contribution < 1.29 is 26.9 Å². The lowest BCUT2D eigenvalue weighted by Crippen LogP contribution is -2.40. The minimum atomic E-state index is -3.65. The fraction of sp³-hybridized carbons (Fsp3) is 0.238. The predicted molar refractivity (Wildman–Crippen MR) is 116 cm³/mol. The Labute approximate surface area is 189 Å². The van der Waals surface area contributed by atoms with Crippen LogP contribution in [0.3, 0.4) is 0 Å². The van der Waals surface area contributed by atoms with Crippen LogP contribution in [0.15, 0.2) is 51.9 Å². The van der Waals surface area contributed by atoms with E-state index in [4.69, 9.17) is 20.9 Å². The van der Waals surface area contributed by atoms with Gasteiger partial charge < -0.3 is 14.6 Å². The molecule has 0 radical (unpaired) electrons. The number of carbonyl (C=O) groups is 1. The molecule has 4 rings (SSSR count). The quantitative estimate of drug-likeness (QED) is 0.598. The maximum absolute atomic E-state index is 14.4. The Morgan fingerprint density at radius 3 is 2.50 bits per heavy atom. The second-order valence-corrected chi connectivity index (χ2v) is 9.40. The normalized spacial score (nSPS) is 15.0. The highest BCUT2D eigenvalue weighted by Crippen LogP contribution is 2.33. The molecule has 0 atom stereocenters. The third-order valence-electron chi connectivity index (χ3n) is 5.01. The van der Waals surface area contributed by atoms with Crippen LogP contribution in [0.4, 0.5) is 10.1 Å². The minimum absolute atomic E-state index is 0.0189. The van der Waals surface area contributed by atoms with E-state index in [1.54, 1.807) is 0 Å². The molecular weight excluding hydrogens is 461 g/mol. The van der Waals surface area contributed by atoms with Crippen LogP contribution in [-0.4, -0.2) is 50.1 Å². The number of aromatic nitrogens is 1. The van der Waals surface area contributed by atoms with Crippen molar-refractivity contribution in [3.8, 4) is 11.3 Å². The van der Waals surface area contributed by atoms with Gasteiger partial charge in [-0.25, -0.2) is 12.8 Å². The number of halogens is 2. The molecule has 0 aliphatic carbocycles. The molecule has 1 N–H and O–H groups in total. The van der Waals surface area contributed by atoms with Gasteiger partial charge in [0.25, 0.3) is 5.91 Å². The summed E-state index contributed by atoms with van der Waals surface area (Å²) in [5.74, 6) is -1.05. The standard InChI is InChI=1S/C21H19ClFN3O5S/c1-13-18(20(25-31-13)19-16(22)3-2-4-17(19)23)21(27)24-14-5-7-15(8-6-14)32(28,29)26-9-11-30-12-10-26/h2-8H,9-12H2,1H3,(H,24,27). The van der Waals surface area contributed by atoms with Gasteiger partial charge in [0.15, 0.2) is 0 Å². The number of hydrogen-bond acceptors (Lipinski definition) is 6. The lowest BCUT2D eigenvalue weighted by molar-refractivity contribution is 0.0730. The highest BCUT2D eigenvalue weighted by Gasteiger charge is 2.27. The zero-order valence-electron chi connectivity index (χ0n) is 17.0. The van der Waals surface area contributed by atoms with Gasteiger partial charge in [-0.3, -0.25) is 4.79 Å². The van der Waals surface area contributed by atoms with Crippen molar-refractivity contribution in [3.63, 3.8) is 0 Å². The number of aryl methyl sites for hydroxylation is 1. The molecule has 0 unspecified atom stereocenters. The first-order valence-electron chi connectivity index (χ1n) is 9.69. The Bertz CT molecular complexity index is 1230. The molecule has 2 aromatic carbocycles. The summed E-state index contributed by atoms with van der Waals surface area (Å²) in [5.41, 5.74) is 0.321. The smallest absolute Gasteiger partial charge is 0.261 e. The molecule has 1 saturated heterocycles. The lowest BCUT2D eigenvalue weighted by atomic mass is 10.0. The first-order valence-corrected chi connectivity index (χ1v) is 11.5. The van der Waals surface area contributed by atoms with Crippen LogP contribution in [0.25, 0.3) is 11.3 Å². The number of morpholine rings is 1. The maximum atomic E-state index is 14.4. The van der Waals surface area contributed by atoms with Crippen LogP contribution in [0.5, 0.6) is 0 Å². The fourth-order valence-electron chi connectivity index (χ4n) is 3.37. The number of ether oxygens (including phenoxy) is 1. The van der Waals surface area contributed by atoms with Crippen molar-refractivity contribution in [2.75, 3.05) is 31.6 Å². The van der Waals surface area contributed by atoms with E-state index in [9.17, 15) is 17.6 Å². The van der Waals surface area contributed by atoms with E-state index in [-0.39, 0.29) is 45.6 Å². The monoisotopic (exact) mass is 479 g/mol. The summed E-state index contributed by atoms with van der Waals surface area (Å²) in [7, 11) is -3.65. The predicted octanol–water partition coefficient (Wildman–Crippen LogP) is 3.72. The highest BCUT2D eigenvalue weighted by atomic mass is 35.5. The van der Waals surface area contributed by atoms with E-state index in [0.29, 0.717) is 18.9 Å². The molecule has 0 spiro atoms. The van der Waals surface area contributed by atoms with Crippen molar-refractivity contribution >= 4 is 33.2 Å². The molecule has 1 aromatic heterocycles. The summed E-state index contributed by atoms with van der Waals surface area (Å²) in [6, 6.07) is 9.92. The van der Waals surface area contributed by atoms with Crippen LogP contribution in [0, 0.1) is 12.7 Å². The van der Waals surface area contributed by atoms with Crippen LogP contribution in [0.1, 0.15) is 16.1 Å². The number of carbonyl (C=O) groups excluding carboxylic acids is 1. The summed E-state index contributed by atoms with van der Waals surface area (Å²) >= 11 is 6.11. The molecule has 0 saturated carbocycles. The molecule has 2 heterocycles. The molecule has 1 aliphatic heterocycles. The topological polar surface area (TPSA) is 102 Å². The van der Waals surface area contributed by atoms with E-state index in [0.717, 1.165) is 0 Å². The van der Waals surface area contributed by atoms with Gasteiger partial charge in [-0.2, -0.15) is 4.31 Å². The van der Waals surface area contributed by atoms with Gasteiger partial charge in [-0.1, -0.05) is 22.8 Å². The number of nitrogens with one attached hydrogen (secondary N) is 1. The second-order valence-electron chi connectivity index (χ2n) is 7.05. The van der Waals surface area contributed by atoms with Gasteiger partial charge in [0.2, 0.25) is 10.0 Å². The number of anilines is 1. The van der Waals surface area contributed by atoms with E-state index >= 15 is 0 Å². The van der Waals surface area contributed by atoms with Crippen molar-refractivity contribution in [3.05, 3.63) is 64.6 Å². The maximum Gasteiger partial charge on any atom is 0.261 e. The van der Waals surface area contributed by atoms with Crippen molar-refractivity contribution in [2.24, 2.45) is 0 Å². The largest absolute Gasteiger partial charge is 0.379 e. The molecule has 1 fully saturated rings. The molecule has 3 aromatic rings. The van der Waals surface area contributed by atoms with Crippen molar-refractivity contribution in [1.82, 2.24) is 9.46 Å². The summed E-state index contributed by atoms with van der Waals surface area (Å²) in [6.45, 7) is 2.79. The van der Waals surface area contributed by atoms with Gasteiger partial charge in [-0.15, -0.1) is 0 Å². The number of sulfonamides is 1. The Morgan fingerprint density at radius 1 is 1.16 bits per heavy atom. The zero-order valence-corrected chi connectivity index (χ0v) is 18.5. The summed E-state index contributed by atoms with van der Waals surface area (Å²) in [6.07, 6.45) is 0.